The van der Waals surface area contributed by atoms with Crippen molar-refractivity contribution in [3.63, 3.8) is 0 Å². The molecule has 0 aromatic heterocycles. The second-order valence-electron chi connectivity index (χ2n) is 6.04. The van der Waals surface area contributed by atoms with Crippen LogP contribution in [-0.2, 0) is 4.79 Å². The highest BCUT2D eigenvalue weighted by molar-refractivity contribution is 5.85. The minimum Gasteiger partial charge on any atom is -0.354 e. The highest BCUT2D eigenvalue weighted by Crippen LogP contribution is 2.27. The number of hydrogen-bond acceptors (Lipinski definition) is 2. The van der Waals surface area contributed by atoms with E-state index in [9.17, 15) is 4.79 Å². The summed E-state index contributed by atoms with van der Waals surface area (Å²) in [6.07, 6.45) is 0.956. The molecule has 0 aliphatic rings. The summed E-state index contributed by atoms with van der Waals surface area (Å²) in [6.45, 7) is 4.68. The maximum Gasteiger partial charge on any atom is 0.227 e. The lowest BCUT2D eigenvalue weighted by Crippen LogP contribution is -2.37. The molecule has 2 aromatic rings. The Hall–Kier alpha value is -1.84. The number of benzene rings is 2. The molecule has 2 rings (SSSR count). The summed E-state index contributed by atoms with van der Waals surface area (Å²) in [5, 5.41) is 3.03. The topological polar surface area (TPSA) is 55.1 Å². The average molecular weight is 347 g/mol. The second kappa shape index (κ2) is 10.1. The molecule has 0 fully saturated rings. The molecule has 4 heteroatoms. The Bertz CT molecular complexity index is 604. The smallest absolute Gasteiger partial charge is 0.227 e. The van der Waals surface area contributed by atoms with Gasteiger partial charge in [0.15, 0.2) is 0 Å². The van der Waals surface area contributed by atoms with Crippen molar-refractivity contribution < 1.29 is 4.79 Å². The Morgan fingerprint density at radius 1 is 1.00 bits per heavy atom. The Balaban J connectivity index is 0.00000288. The van der Waals surface area contributed by atoms with Gasteiger partial charge in [-0.15, -0.1) is 12.4 Å². The molecule has 0 saturated carbocycles. The van der Waals surface area contributed by atoms with Gasteiger partial charge >= 0.3 is 0 Å². The minimum atomic E-state index is -0.187. The number of amides is 1. The molecule has 0 aliphatic carbocycles. The third-order valence-corrected chi connectivity index (χ3v) is 4.38. The van der Waals surface area contributed by atoms with Crippen LogP contribution in [0.15, 0.2) is 60.7 Å². The fraction of sp³-hybridized carbons (Fsp3) is 0.350. The first-order valence-electron chi connectivity index (χ1n) is 8.26. The Morgan fingerprint density at radius 3 is 2.00 bits per heavy atom. The van der Waals surface area contributed by atoms with Crippen LogP contribution < -0.4 is 11.1 Å². The molecule has 3 nitrogen and oxygen atoms in total. The Labute approximate surface area is 151 Å². The second-order valence-corrected chi connectivity index (χ2v) is 6.04. The lowest BCUT2D eigenvalue weighted by Gasteiger charge is -2.24. The van der Waals surface area contributed by atoms with Crippen LogP contribution in [0.25, 0.3) is 0 Å². The number of nitrogens with two attached hydrogens (primary N) is 1. The standard InChI is InChI=1S/C20H26N2O.ClH/c1-3-15(2)19(17-12-8-5-9-13-17)20(23)22-14-18(21)16-10-6-4-7-11-16;/h4-13,15,18-19H,3,14,21H2,1-2H3,(H,22,23);1H. The monoisotopic (exact) mass is 346 g/mol. The zero-order valence-electron chi connectivity index (χ0n) is 14.3. The van der Waals surface area contributed by atoms with Gasteiger partial charge in [-0.25, -0.2) is 0 Å². The molecule has 0 saturated heterocycles. The number of carbonyl (C=O) groups excluding carboxylic acids is 1. The fourth-order valence-electron chi connectivity index (χ4n) is 2.77. The lowest BCUT2D eigenvalue weighted by molar-refractivity contribution is -0.123. The van der Waals surface area contributed by atoms with Crippen LogP contribution in [0.2, 0.25) is 0 Å². The summed E-state index contributed by atoms with van der Waals surface area (Å²) >= 11 is 0. The summed E-state index contributed by atoms with van der Waals surface area (Å²) < 4.78 is 0. The quantitative estimate of drug-likeness (QED) is 0.794. The largest absolute Gasteiger partial charge is 0.354 e. The van der Waals surface area contributed by atoms with Gasteiger partial charge in [0.2, 0.25) is 5.91 Å². The van der Waals surface area contributed by atoms with Crippen molar-refractivity contribution in [1.29, 1.82) is 0 Å². The van der Waals surface area contributed by atoms with Crippen LogP contribution in [0.1, 0.15) is 43.4 Å². The molecule has 3 unspecified atom stereocenters. The van der Waals surface area contributed by atoms with Crippen LogP contribution in [0.3, 0.4) is 0 Å². The van der Waals surface area contributed by atoms with E-state index in [2.05, 4.69) is 19.2 Å². The predicted molar refractivity (Wildman–Crippen MR) is 102 cm³/mol. The van der Waals surface area contributed by atoms with Gasteiger partial charge in [0.25, 0.3) is 0 Å². The number of hydrogen-bond donors (Lipinski definition) is 2. The summed E-state index contributed by atoms with van der Waals surface area (Å²) in [7, 11) is 0. The van der Waals surface area contributed by atoms with E-state index in [1.165, 1.54) is 0 Å². The van der Waals surface area contributed by atoms with E-state index in [0.29, 0.717) is 6.54 Å². The maximum atomic E-state index is 12.7. The van der Waals surface area contributed by atoms with Gasteiger partial charge in [-0.1, -0.05) is 80.9 Å². The van der Waals surface area contributed by atoms with Gasteiger partial charge in [-0.2, -0.15) is 0 Å². The summed E-state index contributed by atoms with van der Waals surface area (Å²) in [5.74, 6) is 0.200. The highest BCUT2D eigenvalue weighted by atomic mass is 35.5. The Morgan fingerprint density at radius 2 is 1.50 bits per heavy atom. The number of carbonyl (C=O) groups is 1. The molecular weight excluding hydrogens is 320 g/mol. The average Bonchev–Trinajstić information content (AvgIpc) is 2.61. The molecular formula is C20H27ClN2O. The summed E-state index contributed by atoms with van der Waals surface area (Å²) in [5.41, 5.74) is 8.27. The molecule has 2 aromatic carbocycles. The van der Waals surface area contributed by atoms with E-state index in [4.69, 9.17) is 5.73 Å². The van der Waals surface area contributed by atoms with E-state index in [-0.39, 0.29) is 36.2 Å². The molecule has 0 heterocycles. The van der Waals surface area contributed by atoms with E-state index in [1.807, 2.05) is 60.7 Å². The summed E-state index contributed by atoms with van der Waals surface area (Å²) in [4.78, 5) is 12.7. The van der Waals surface area contributed by atoms with Gasteiger partial charge in [-0.05, 0) is 17.0 Å². The zero-order valence-corrected chi connectivity index (χ0v) is 15.1. The SMILES string of the molecule is CCC(C)C(C(=O)NCC(N)c1ccccc1)c1ccccc1.Cl. The maximum absolute atomic E-state index is 12.7. The summed E-state index contributed by atoms with van der Waals surface area (Å²) in [6, 6.07) is 19.6. The van der Waals surface area contributed by atoms with Crippen molar-refractivity contribution in [3.8, 4) is 0 Å². The van der Waals surface area contributed by atoms with Crippen molar-refractivity contribution in [2.45, 2.75) is 32.2 Å². The molecule has 0 spiro atoms. The molecule has 0 aliphatic heterocycles. The first kappa shape index (κ1) is 20.2. The van der Waals surface area contributed by atoms with Crippen LogP contribution in [0, 0.1) is 5.92 Å². The zero-order chi connectivity index (χ0) is 16.7. The molecule has 0 radical (unpaired) electrons. The van der Waals surface area contributed by atoms with Gasteiger partial charge in [0.1, 0.15) is 0 Å². The fourth-order valence-corrected chi connectivity index (χ4v) is 2.77. The third kappa shape index (κ3) is 5.36. The van der Waals surface area contributed by atoms with Crippen LogP contribution in [-0.4, -0.2) is 12.5 Å². The Kier molecular flexibility index (Phi) is 8.51. The highest BCUT2D eigenvalue weighted by Gasteiger charge is 2.25. The predicted octanol–water partition coefficient (Wildman–Crippen LogP) is 4.05. The molecule has 3 atom stereocenters. The number of nitrogens with one attached hydrogen (secondary N) is 1. The van der Waals surface area contributed by atoms with Crippen LogP contribution in [0.5, 0.6) is 0 Å². The molecule has 24 heavy (non-hydrogen) atoms. The van der Waals surface area contributed by atoms with Crippen molar-refractivity contribution in [2.24, 2.45) is 11.7 Å². The minimum absolute atomic E-state index is 0. The van der Waals surface area contributed by atoms with E-state index in [0.717, 1.165) is 17.5 Å². The van der Waals surface area contributed by atoms with Crippen LogP contribution >= 0.6 is 12.4 Å². The van der Waals surface area contributed by atoms with Crippen molar-refractivity contribution in [1.82, 2.24) is 5.32 Å². The number of rotatable bonds is 7. The van der Waals surface area contributed by atoms with Gasteiger partial charge in [0.05, 0.1) is 5.92 Å². The van der Waals surface area contributed by atoms with E-state index >= 15 is 0 Å². The molecule has 3 N–H and O–H groups in total. The van der Waals surface area contributed by atoms with Crippen molar-refractivity contribution >= 4 is 18.3 Å². The van der Waals surface area contributed by atoms with Crippen LogP contribution in [0.4, 0.5) is 0 Å². The van der Waals surface area contributed by atoms with Gasteiger partial charge < -0.3 is 11.1 Å². The first-order chi connectivity index (χ1) is 11.1. The van der Waals surface area contributed by atoms with Crippen molar-refractivity contribution in [2.75, 3.05) is 6.54 Å². The molecule has 130 valence electrons. The first-order valence-corrected chi connectivity index (χ1v) is 8.26. The third-order valence-electron chi connectivity index (χ3n) is 4.38. The van der Waals surface area contributed by atoms with Crippen molar-refractivity contribution in [3.05, 3.63) is 71.8 Å². The molecule has 0 bridgehead atoms. The lowest BCUT2D eigenvalue weighted by atomic mass is 9.85. The number of halogens is 1. The normalized spacial score (nSPS) is 14.1. The van der Waals surface area contributed by atoms with Gasteiger partial charge in [0, 0.05) is 12.6 Å². The van der Waals surface area contributed by atoms with E-state index < -0.39 is 0 Å². The molecule has 1 amide bonds. The van der Waals surface area contributed by atoms with E-state index in [1.54, 1.807) is 0 Å². The van der Waals surface area contributed by atoms with Gasteiger partial charge in [-0.3, -0.25) is 4.79 Å².